The van der Waals surface area contributed by atoms with Gasteiger partial charge in [0, 0.05) is 12.8 Å². The molecule has 0 rings (SSSR count). The lowest BCUT2D eigenvalue weighted by Gasteiger charge is -2.09. The maximum atomic E-state index is 13.2. The third-order valence-corrected chi connectivity index (χ3v) is 5.71. The molecule has 0 aromatic heterocycles. The molecule has 0 amide bonds. The largest absolute Gasteiger partial charge is 0.290 e. The Morgan fingerprint density at radius 1 is 1.26 bits per heavy atom. The minimum absolute atomic E-state index is 0.493. The smallest absolute Gasteiger partial charge is 0.139 e. The van der Waals surface area contributed by atoms with Crippen molar-refractivity contribution in [1.82, 2.24) is 0 Å². The van der Waals surface area contributed by atoms with Gasteiger partial charge in [-0.1, -0.05) is 55.0 Å². The average molecular weight is 392 g/mol. The number of hydrogen-bond donors (Lipinski definition) is 0. The number of aliphatic imine (C=N–C) groups is 1. The van der Waals surface area contributed by atoms with E-state index < -0.39 is 6.17 Å². The van der Waals surface area contributed by atoms with Crippen LogP contribution >= 0.6 is 11.8 Å². The van der Waals surface area contributed by atoms with E-state index in [1.807, 2.05) is 17.8 Å². The lowest BCUT2D eigenvalue weighted by atomic mass is 9.99. The van der Waals surface area contributed by atoms with Crippen molar-refractivity contribution in [3.63, 3.8) is 0 Å². The first-order valence-corrected chi connectivity index (χ1v) is 10.9. The van der Waals surface area contributed by atoms with Crippen LogP contribution in [0.15, 0.2) is 64.1 Å². The Balaban J connectivity index is 4.38. The van der Waals surface area contributed by atoms with Gasteiger partial charge < -0.3 is 0 Å². The first-order valence-electron chi connectivity index (χ1n) is 9.88. The Morgan fingerprint density at radius 2 is 1.96 bits per heavy atom. The molecule has 0 aromatic carbocycles. The number of hydrogen-bond acceptors (Lipinski definition) is 2. The lowest BCUT2D eigenvalue weighted by Crippen LogP contribution is -2.07. The second kappa shape index (κ2) is 15.7. The van der Waals surface area contributed by atoms with Crippen molar-refractivity contribution in [3.05, 3.63) is 59.1 Å². The van der Waals surface area contributed by atoms with Crippen LogP contribution in [0, 0.1) is 5.92 Å². The zero-order chi connectivity index (χ0) is 20.7. The van der Waals surface area contributed by atoms with E-state index in [2.05, 4.69) is 63.6 Å². The van der Waals surface area contributed by atoms with Crippen molar-refractivity contribution in [2.45, 2.75) is 66.5 Å². The van der Waals surface area contributed by atoms with Gasteiger partial charge in [0.2, 0.25) is 0 Å². The van der Waals surface area contributed by atoms with Gasteiger partial charge in [0.05, 0.1) is 5.71 Å². The number of thioether (sulfide) groups is 1. The van der Waals surface area contributed by atoms with E-state index in [9.17, 15) is 4.39 Å². The SMILES string of the molecule is C=C(C=CC(CC)C/C=C(\C)CS/C(C)=C\C)CC/C=C\C(=NC)C(C)F. The molecule has 0 spiro atoms. The van der Waals surface area contributed by atoms with Crippen LogP contribution < -0.4 is 0 Å². The summed E-state index contributed by atoms with van der Waals surface area (Å²) in [5.74, 6) is 1.61. The minimum atomic E-state index is -1.02. The lowest BCUT2D eigenvalue weighted by molar-refractivity contribution is 0.455. The number of halogens is 1. The van der Waals surface area contributed by atoms with Crippen LogP contribution in [-0.2, 0) is 0 Å². The van der Waals surface area contributed by atoms with Gasteiger partial charge in [0.1, 0.15) is 6.17 Å². The highest BCUT2D eigenvalue weighted by Gasteiger charge is 2.03. The van der Waals surface area contributed by atoms with Crippen LogP contribution in [0.5, 0.6) is 0 Å². The molecular weight excluding hydrogens is 353 g/mol. The van der Waals surface area contributed by atoms with Gasteiger partial charge in [0.25, 0.3) is 0 Å². The molecule has 0 N–H and O–H groups in total. The van der Waals surface area contributed by atoms with E-state index >= 15 is 0 Å². The molecule has 0 fully saturated rings. The second-order valence-corrected chi connectivity index (χ2v) is 8.09. The summed E-state index contributed by atoms with van der Waals surface area (Å²) in [7, 11) is 1.62. The van der Waals surface area contributed by atoms with Crippen molar-refractivity contribution in [2.24, 2.45) is 10.9 Å². The molecule has 0 saturated carbocycles. The maximum Gasteiger partial charge on any atom is 0.139 e. The van der Waals surface area contributed by atoms with Gasteiger partial charge >= 0.3 is 0 Å². The van der Waals surface area contributed by atoms with Crippen LogP contribution in [0.25, 0.3) is 0 Å². The molecule has 0 radical (unpaired) electrons. The first-order chi connectivity index (χ1) is 12.8. The van der Waals surface area contributed by atoms with E-state index in [-0.39, 0.29) is 0 Å². The summed E-state index contributed by atoms with van der Waals surface area (Å²) in [6.45, 7) is 14.3. The van der Waals surface area contributed by atoms with E-state index in [0.717, 1.165) is 37.0 Å². The molecule has 1 nitrogen and oxygen atoms in total. The number of nitrogens with zero attached hydrogens (tertiary/aromatic N) is 1. The Morgan fingerprint density at radius 3 is 2.52 bits per heavy atom. The van der Waals surface area contributed by atoms with Gasteiger partial charge in [-0.05, 0) is 70.3 Å². The molecule has 0 aromatic rings. The average Bonchev–Trinajstić information content (AvgIpc) is 2.65. The van der Waals surface area contributed by atoms with Crippen LogP contribution in [0.3, 0.4) is 0 Å². The Kier molecular flexibility index (Phi) is 14.9. The molecule has 0 aliphatic heterocycles. The molecule has 0 aliphatic rings. The fraction of sp³-hybridized carbons (Fsp3) is 0.542. The van der Waals surface area contributed by atoms with E-state index in [1.165, 1.54) is 17.4 Å². The predicted molar refractivity (Wildman–Crippen MR) is 125 cm³/mol. The monoisotopic (exact) mass is 391 g/mol. The van der Waals surface area contributed by atoms with E-state index in [0.29, 0.717) is 11.6 Å². The highest BCUT2D eigenvalue weighted by molar-refractivity contribution is 8.03. The van der Waals surface area contributed by atoms with Gasteiger partial charge in [-0.3, -0.25) is 4.99 Å². The highest BCUT2D eigenvalue weighted by atomic mass is 32.2. The van der Waals surface area contributed by atoms with Gasteiger partial charge in [-0.2, -0.15) is 0 Å². The van der Waals surface area contributed by atoms with E-state index in [1.54, 1.807) is 13.1 Å². The van der Waals surface area contributed by atoms with Crippen molar-refractivity contribution >= 4 is 17.5 Å². The summed E-state index contributed by atoms with van der Waals surface area (Å²) in [5.41, 5.74) is 3.04. The van der Waals surface area contributed by atoms with Gasteiger partial charge in [-0.25, -0.2) is 4.39 Å². The summed E-state index contributed by atoms with van der Waals surface area (Å²) in [4.78, 5) is 5.32. The van der Waals surface area contributed by atoms with Gasteiger partial charge in [-0.15, -0.1) is 11.8 Å². The van der Waals surface area contributed by atoms with Crippen LogP contribution in [0.4, 0.5) is 4.39 Å². The van der Waals surface area contributed by atoms with Crippen molar-refractivity contribution < 1.29 is 4.39 Å². The zero-order valence-corrected chi connectivity index (χ0v) is 18.9. The van der Waals surface area contributed by atoms with Gasteiger partial charge in [0.15, 0.2) is 0 Å². The molecule has 0 bridgehead atoms. The summed E-state index contributed by atoms with van der Waals surface area (Å²) < 4.78 is 13.2. The molecule has 0 aliphatic carbocycles. The number of rotatable bonds is 13. The third-order valence-electron chi connectivity index (χ3n) is 4.42. The van der Waals surface area contributed by atoms with Crippen molar-refractivity contribution in [2.75, 3.05) is 12.8 Å². The maximum absolute atomic E-state index is 13.2. The highest BCUT2D eigenvalue weighted by Crippen LogP contribution is 2.20. The van der Waals surface area contributed by atoms with E-state index in [4.69, 9.17) is 0 Å². The fourth-order valence-corrected chi connectivity index (χ4v) is 3.06. The van der Waals surface area contributed by atoms with Crippen molar-refractivity contribution in [3.8, 4) is 0 Å². The number of allylic oxidation sites excluding steroid dienone is 8. The number of alkyl halides is 1. The molecule has 2 unspecified atom stereocenters. The van der Waals surface area contributed by atoms with Crippen LogP contribution in [-0.4, -0.2) is 24.7 Å². The second-order valence-electron chi connectivity index (χ2n) is 6.87. The van der Waals surface area contributed by atoms with Crippen LogP contribution in [0.1, 0.15) is 60.3 Å². The van der Waals surface area contributed by atoms with Crippen LogP contribution in [0.2, 0.25) is 0 Å². The molecule has 0 saturated heterocycles. The molecule has 27 heavy (non-hydrogen) atoms. The standard InChI is InChI=1S/C24H38FNS/c1-8-21(5)27-18-20(4)15-17-23(9-2)16-14-19(3)12-10-11-13-24(26-7)22(6)25/h8,11,13-16,22-23H,3,9-10,12,17-18H2,1-2,4-7H3/b13-11-,16-14?,20-15+,21-8-,26-24?. The summed E-state index contributed by atoms with van der Waals surface area (Å²) in [6, 6.07) is 0. The Hall–Kier alpha value is -1.35. The summed E-state index contributed by atoms with van der Waals surface area (Å²) in [5, 5.41) is 0. The molecule has 2 atom stereocenters. The Labute approximate surface area is 171 Å². The predicted octanol–water partition coefficient (Wildman–Crippen LogP) is 7.88. The first kappa shape index (κ1) is 25.6. The van der Waals surface area contributed by atoms with Crippen molar-refractivity contribution in [1.29, 1.82) is 0 Å². The fourth-order valence-electron chi connectivity index (χ4n) is 2.32. The molecular formula is C24H38FNS. The molecule has 3 heteroatoms. The summed E-state index contributed by atoms with van der Waals surface area (Å²) >= 11 is 1.90. The Bertz CT molecular complexity index is 579. The zero-order valence-electron chi connectivity index (χ0n) is 18.1. The molecule has 0 heterocycles. The minimum Gasteiger partial charge on any atom is -0.290 e. The quantitative estimate of drug-likeness (QED) is 0.177. The molecule has 152 valence electrons. The normalized spacial score (nSPS) is 16.3. The topological polar surface area (TPSA) is 12.4 Å². The third kappa shape index (κ3) is 13.5. The summed E-state index contributed by atoms with van der Waals surface area (Å²) in [6.07, 6.45) is 15.6.